The van der Waals surface area contributed by atoms with E-state index in [9.17, 15) is 13.6 Å². The summed E-state index contributed by atoms with van der Waals surface area (Å²) in [5.41, 5.74) is -0.682. The third-order valence-corrected chi connectivity index (χ3v) is 2.54. The van der Waals surface area contributed by atoms with Gasteiger partial charge in [0.05, 0.1) is 6.61 Å². The molecule has 1 atom stereocenters. The van der Waals surface area contributed by atoms with Crippen molar-refractivity contribution < 1.29 is 27.5 Å². The van der Waals surface area contributed by atoms with Crippen molar-refractivity contribution in [1.29, 1.82) is 0 Å². The van der Waals surface area contributed by atoms with Gasteiger partial charge in [-0.1, -0.05) is 0 Å². The smallest absolute Gasteiger partial charge is 0.376 e. The molecule has 0 radical (unpaired) electrons. The first kappa shape index (κ1) is 12.9. The first-order chi connectivity index (χ1) is 8.63. The quantitative estimate of drug-likeness (QED) is 0.780. The second-order valence-corrected chi connectivity index (χ2v) is 3.79. The molecule has 0 bridgehead atoms. The highest BCUT2D eigenvalue weighted by Crippen LogP contribution is 2.32. The normalized spacial score (nSPS) is 19.4. The Hall–Kier alpha value is -1.50. The Kier molecular flexibility index (Phi) is 3.90. The molecule has 7 heteroatoms. The highest BCUT2D eigenvalue weighted by atomic mass is 19.3. The maximum absolute atomic E-state index is 12.8. The fourth-order valence-corrected chi connectivity index (χ4v) is 1.75. The molecule has 1 aliphatic heterocycles. The summed E-state index contributed by atoms with van der Waals surface area (Å²) in [7, 11) is 0. The van der Waals surface area contributed by atoms with E-state index in [0.29, 0.717) is 13.0 Å². The molecular formula is C11H13F2NO4. The third kappa shape index (κ3) is 2.50. The lowest BCUT2D eigenvalue weighted by Crippen LogP contribution is -2.06. The Balaban J connectivity index is 2.28. The standard InChI is InChI=1S/C11H13F2NO4/c1-2-16-11(15)8-7(9(12)13)14-10(18-8)6-4-3-5-17-6/h6,9H,2-5H2,1H3. The number of rotatable bonds is 4. The molecule has 0 aromatic carbocycles. The van der Waals surface area contributed by atoms with E-state index in [1.165, 1.54) is 0 Å². The van der Waals surface area contributed by atoms with E-state index in [2.05, 4.69) is 9.72 Å². The molecule has 18 heavy (non-hydrogen) atoms. The van der Waals surface area contributed by atoms with E-state index < -0.39 is 30.0 Å². The molecule has 0 amide bonds. The van der Waals surface area contributed by atoms with Crippen molar-refractivity contribution in [3.63, 3.8) is 0 Å². The van der Waals surface area contributed by atoms with Crippen LogP contribution in [0.5, 0.6) is 0 Å². The van der Waals surface area contributed by atoms with Gasteiger partial charge in [-0.2, -0.15) is 0 Å². The second kappa shape index (κ2) is 5.43. The maximum Gasteiger partial charge on any atom is 0.376 e. The minimum absolute atomic E-state index is 0.0193. The minimum atomic E-state index is -2.89. The highest BCUT2D eigenvalue weighted by molar-refractivity contribution is 5.87. The number of ether oxygens (including phenoxy) is 2. The predicted molar refractivity (Wildman–Crippen MR) is 55.3 cm³/mol. The number of hydrogen-bond donors (Lipinski definition) is 0. The number of nitrogens with zero attached hydrogens (tertiary/aromatic N) is 1. The van der Waals surface area contributed by atoms with Crippen LogP contribution in [0.3, 0.4) is 0 Å². The number of esters is 1. The van der Waals surface area contributed by atoms with E-state index in [1.807, 2.05) is 0 Å². The van der Waals surface area contributed by atoms with Crippen LogP contribution in [0, 0.1) is 0 Å². The lowest BCUT2D eigenvalue weighted by Gasteiger charge is -2.02. The molecule has 1 aromatic heterocycles. The van der Waals surface area contributed by atoms with E-state index in [0.717, 1.165) is 6.42 Å². The third-order valence-electron chi connectivity index (χ3n) is 2.54. The summed E-state index contributed by atoms with van der Waals surface area (Å²) in [6.07, 6.45) is -1.88. The molecular weight excluding hydrogens is 248 g/mol. The van der Waals surface area contributed by atoms with Crippen molar-refractivity contribution in [2.24, 2.45) is 0 Å². The Morgan fingerprint density at radius 2 is 2.39 bits per heavy atom. The van der Waals surface area contributed by atoms with Crippen LogP contribution >= 0.6 is 0 Å². The van der Waals surface area contributed by atoms with Crippen molar-refractivity contribution in [1.82, 2.24) is 4.98 Å². The number of halogens is 2. The van der Waals surface area contributed by atoms with E-state index in [-0.39, 0.29) is 12.5 Å². The number of aromatic nitrogens is 1. The number of carbonyl (C=O) groups is 1. The molecule has 0 aliphatic carbocycles. The largest absolute Gasteiger partial charge is 0.460 e. The van der Waals surface area contributed by atoms with Crippen LogP contribution in [0.2, 0.25) is 0 Å². The van der Waals surface area contributed by atoms with Gasteiger partial charge in [-0.25, -0.2) is 18.6 Å². The van der Waals surface area contributed by atoms with E-state index in [4.69, 9.17) is 9.15 Å². The minimum Gasteiger partial charge on any atom is -0.460 e. The number of carbonyl (C=O) groups excluding carboxylic acids is 1. The number of alkyl halides is 2. The van der Waals surface area contributed by atoms with Crippen LogP contribution < -0.4 is 0 Å². The van der Waals surface area contributed by atoms with Gasteiger partial charge in [0, 0.05) is 6.61 Å². The molecule has 1 saturated heterocycles. The van der Waals surface area contributed by atoms with E-state index >= 15 is 0 Å². The summed E-state index contributed by atoms with van der Waals surface area (Å²) in [5, 5.41) is 0. The molecule has 1 fully saturated rings. The van der Waals surface area contributed by atoms with Gasteiger partial charge >= 0.3 is 5.97 Å². The van der Waals surface area contributed by atoms with E-state index in [1.54, 1.807) is 6.92 Å². The molecule has 0 spiro atoms. The zero-order valence-corrected chi connectivity index (χ0v) is 9.82. The van der Waals surface area contributed by atoms with Gasteiger partial charge in [-0.15, -0.1) is 0 Å². The SMILES string of the molecule is CCOC(=O)c1oc(C2CCCO2)nc1C(F)F. The average Bonchev–Trinajstić information content (AvgIpc) is 2.98. The van der Waals surface area contributed by atoms with Gasteiger partial charge in [0.15, 0.2) is 5.69 Å². The van der Waals surface area contributed by atoms with Crippen molar-refractivity contribution in [2.45, 2.75) is 32.3 Å². The first-order valence-corrected chi connectivity index (χ1v) is 5.71. The molecule has 2 rings (SSSR count). The molecule has 100 valence electrons. The van der Waals surface area contributed by atoms with Gasteiger partial charge in [-0.3, -0.25) is 0 Å². The lowest BCUT2D eigenvalue weighted by atomic mass is 10.2. The number of hydrogen-bond acceptors (Lipinski definition) is 5. The fraction of sp³-hybridized carbons (Fsp3) is 0.636. The summed E-state index contributed by atoms with van der Waals surface area (Å²) < 4.78 is 40.5. The topological polar surface area (TPSA) is 61.6 Å². The maximum atomic E-state index is 12.8. The van der Waals surface area contributed by atoms with Crippen LogP contribution in [-0.2, 0) is 9.47 Å². The Morgan fingerprint density at radius 3 is 2.94 bits per heavy atom. The van der Waals surface area contributed by atoms with Crippen molar-refractivity contribution >= 4 is 5.97 Å². The summed E-state index contributed by atoms with van der Waals surface area (Å²) in [5.74, 6) is -1.44. The first-order valence-electron chi connectivity index (χ1n) is 5.71. The van der Waals surface area contributed by atoms with Crippen LogP contribution in [0.15, 0.2) is 4.42 Å². The van der Waals surface area contributed by atoms with Crippen LogP contribution in [0.25, 0.3) is 0 Å². The van der Waals surface area contributed by atoms with Gasteiger partial charge in [0.2, 0.25) is 11.7 Å². The zero-order valence-electron chi connectivity index (χ0n) is 9.82. The Labute approximate surface area is 102 Å². The summed E-state index contributed by atoms with van der Waals surface area (Å²) >= 11 is 0. The molecule has 0 N–H and O–H groups in total. The van der Waals surface area contributed by atoms with Crippen LogP contribution in [0.1, 0.15) is 54.4 Å². The summed E-state index contributed by atoms with van der Waals surface area (Å²) in [4.78, 5) is 15.1. The zero-order chi connectivity index (χ0) is 13.1. The van der Waals surface area contributed by atoms with Crippen molar-refractivity contribution in [2.75, 3.05) is 13.2 Å². The Bertz CT molecular complexity index is 427. The summed E-state index contributed by atoms with van der Waals surface area (Å²) in [6.45, 7) is 2.20. The summed E-state index contributed by atoms with van der Waals surface area (Å²) in [6, 6.07) is 0. The van der Waals surface area contributed by atoms with Crippen molar-refractivity contribution in [3.8, 4) is 0 Å². The molecule has 1 unspecified atom stereocenters. The molecule has 0 saturated carbocycles. The van der Waals surface area contributed by atoms with Crippen LogP contribution in [-0.4, -0.2) is 24.2 Å². The molecule has 5 nitrogen and oxygen atoms in total. The molecule has 1 aromatic rings. The predicted octanol–water partition coefficient (Wildman–Crippen LogP) is 2.64. The second-order valence-electron chi connectivity index (χ2n) is 3.79. The monoisotopic (exact) mass is 261 g/mol. The van der Waals surface area contributed by atoms with Gasteiger partial charge in [0.25, 0.3) is 6.43 Å². The highest BCUT2D eigenvalue weighted by Gasteiger charge is 2.31. The van der Waals surface area contributed by atoms with Crippen LogP contribution in [0.4, 0.5) is 8.78 Å². The van der Waals surface area contributed by atoms with Crippen molar-refractivity contribution in [3.05, 3.63) is 17.3 Å². The Morgan fingerprint density at radius 1 is 1.61 bits per heavy atom. The average molecular weight is 261 g/mol. The molecule has 1 aliphatic rings. The molecule has 2 heterocycles. The van der Waals surface area contributed by atoms with Gasteiger partial charge in [-0.05, 0) is 19.8 Å². The van der Waals surface area contributed by atoms with Gasteiger partial charge in [0.1, 0.15) is 6.10 Å². The lowest BCUT2D eigenvalue weighted by molar-refractivity contribution is 0.0459. The fourth-order valence-electron chi connectivity index (χ4n) is 1.75. The van der Waals surface area contributed by atoms with Gasteiger partial charge < -0.3 is 13.9 Å². The number of oxazole rings is 1.